The van der Waals surface area contributed by atoms with Crippen molar-refractivity contribution in [3.05, 3.63) is 78.4 Å². The van der Waals surface area contributed by atoms with Crippen molar-refractivity contribution in [3.8, 4) is 0 Å². The molecule has 3 amide bonds. The maximum atomic E-state index is 12.5. The first-order valence-electron chi connectivity index (χ1n) is 10.6. The maximum absolute atomic E-state index is 12.5. The predicted octanol–water partition coefficient (Wildman–Crippen LogP) is 2.47. The van der Waals surface area contributed by atoms with E-state index in [9.17, 15) is 22.8 Å². The van der Waals surface area contributed by atoms with E-state index in [1.807, 2.05) is 48.5 Å². The van der Waals surface area contributed by atoms with Gasteiger partial charge in [-0.25, -0.2) is 17.9 Å². The van der Waals surface area contributed by atoms with Crippen LogP contribution in [0.5, 0.6) is 0 Å². The summed E-state index contributed by atoms with van der Waals surface area (Å²) >= 11 is 0. The Balaban J connectivity index is 1.41. The molecule has 3 aromatic carbocycles. The Bertz CT molecular complexity index is 1280. The molecule has 3 N–H and O–H groups in total. The molecule has 0 spiro atoms. The highest BCUT2D eigenvalue weighted by Gasteiger charge is 2.21. The molecule has 178 valence electrons. The molecule has 0 fully saturated rings. The second-order valence-corrected chi connectivity index (χ2v) is 9.21. The third-order valence-electron chi connectivity index (χ3n) is 4.86. The van der Waals surface area contributed by atoms with E-state index in [1.54, 1.807) is 18.2 Å². The van der Waals surface area contributed by atoms with Crippen LogP contribution in [0.15, 0.2) is 77.7 Å². The number of urea groups is 1. The second kappa shape index (κ2) is 11.4. The lowest BCUT2D eigenvalue weighted by molar-refractivity contribution is -0.154. The summed E-state index contributed by atoms with van der Waals surface area (Å²) in [7, 11) is -3.83. The average Bonchev–Trinajstić information content (AvgIpc) is 2.83. The Morgan fingerprint density at radius 2 is 1.59 bits per heavy atom. The number of nitrogens with one attached hydrogen (secondary N) is 3. The third kappa shape index (κ3) is 7.12. The van der Waals surface area contributed by atoms with Gasteiger partial charge in [-0.05, 0) is 35.4 Å². The van der Waals surface area contributed by atoms with E-state index in [0.717, 1.165) is 16.3 Å². The molecule has 34 heavy (non-hydrogen) atoms. The number of sulfonamides is 1. The zero-order valence-corrected chi connectivity index (χ0v) is 19.3. The molecular weight excluding hydrogens is 458 g/mol. The highest BCUT2D eigenvalue weighted by atomic mass is 32.2. The number of carbonyl (C=O) groups excluding carboxylic acids is 3. The number of carbonyl (C=O) groups is 3. The minimum Gasteiger partial charge on any atom is -0.452 e. The van der Waals surface area contributed by atoms with Crippen molar-refractivity contribution in [1.29, 1.82) is 0 Å². The van der Waals surface area contributed by atoms with Crippen LogP contribution in [0.4, 0.5) is 4.79 Å². The molecule has 0 aromatic heterocycles. The summed E-state index contributed by atoms with van der Waals surface area (Å²) in [4.78, 5) is 36.0. The first-order chi connectivity index (χ1) is 16.2. The molecule has 0 heterocycles. The normalized spacial score (nSPS) is 12.0. The lowest BCUT2D eigenvalue weighted by atomic mass is 10.1. The first kappa shape index (κ1) is 24.9. The number of amides is 3. The molecule has 1 atom stereocenters. The number of ether oxygens (including phenoxy) is 1. The zero-order valence-electron chi connectivity index (χ0n) is 18.5. The van der Waals surface area contributed by atoms with Crippen LogP contribution in [0.25, 0.3) is 10.8 Å². The Morgan fingerprint density at radius 1 is 0.912 bits per heavy atom. The van der Waals surface area contributed by atoms with Crippen molar-refractivity contribution in [2.45, 2.75) is 30.9 Å². The summed E-state index contributed by atoms with van der Waals surface area (Å²) in [5.74, 6) is -1.58. The minimum atomic E-state index is -3.83. The van der Waals surface area contributed by atoms with Gasteiger partial charge in [-0.3, -0.25) is 14.9 Å². The second-order valence-electron chi connectivity index (χ2n) is 7.45. The van der Waals surface area contributed by atoms with Crippen LogP contribution >= 0.6 is 0 Å². The molecule has 3 aromatic rings. The zero-order chi connectivity index (χ0) is 24.6. The molecule has 3 rings (SSSR count). The number of esters is 1. The van der Waals surface area contributed by atoms with Gasteiger partial charge in [0.1, 0.15) is 0 Å². The van der Waals surface area contributed by atoms with Crippen LogP contribution in [0.2, 0.25) is 0 Å². The molecule has 0 aliphatic rings. The summed E-state index contributed by atoms with van der Waals surface area (Å²) in [5.41, 5.74) is 0.857. The smallest absolute Gasteiger partial charge is 0.321 e. The van der Waals surface area contributed by atoms with E-state index >= 15 is 0 Å². The molecule has 0 radical (unpaired) electrons. The monoisotopic (exact) mass is 483 g/mol. The quantitative estimate of drug-likeness (QED) is 0.401. The van der Waals surface area contributed by atoms with Gasteiger partial charge in [0.05, 0.1) is 11.3 Å². The fourth-order valence-corrected chi connectivity index (χ4v) is 4.12. The number of hydrogen-bond acceptors (Lipinski definition) is 6. The van der Waals surface area contributed by atoms with Crippen LogP contribution in [0.3, 0.4) is 0 Å². The van der Waals surface area contributed by atoms with Crippen molar-refractivity contribution in [2.24, 2.45) is 0 Å². The van der Waals surface area contributed by atoms with Crippen molar-refractivity contribution in [3.63, 3.8) is 0 Å². The van der Waals surface area contributed by atoms with Crippen molar-refractivity contribution < 1.29 is 27.5 Å². The largest absolute Gasteiger partial charge is 0.452 e. The van der Waals surface area contributed by atoms with Gasteiger partial charge in [0.2, 0.25) is 10.0 Å². The fourth-order valence-electron chi connectivity index (χ4n) is 3.05. The topological polar surface area (TPSA) is 131 Å². The molecular formula is C24H25N3O6S. The Hall–Kier alpha value is -3.76. The first-order valence-corrected chi connectivity index (χ1v) is 12.0. The SMILES string of the molecule is CC(OC(=O)CCNS(=O)(=O)c1ccc2ccccc2c1)C(=O)NC(=O)NCc1ccccc1. The van der Waals surface area contributed by atoms with Gasteiger partial charge in [-0.2, -0.15) is 0 Å². The minimum absolute atomic E-state index is 0.0776. The molecule has 0 saturated heterocycles. The van der Waals surface area contributed by atoms with Crippen LogP contribution in [-0.4, -0.2) is 39.0 Å². The lowest BCUT2D eigenvalue weighted by Gasteiger charge is -2.14. The Kier molecular flexibility index (Phi) is 8.34. The molecule has 9 nitrogen and oxygen atoms in total. The average molecular weight is 484 g/mol. The highest BCUT2D eigenvalue weighted by molar-refractivity contribution is 7.89. The van der Waals surface area contributed by atoms with E-state index < -0.39 is 34.0 Å². The van der Waals surface area contributed by atoms with Gasteiger partial charge in [-0.15, -0.1) is 0 Å². The van der Waals surface area contributed by atoms with E-state index in [2.05, 4.69) is 15.4 Å². The Labute approximate surface area is 197 Å². The lowest BCUT2D eigenvalue weighted by Crippen LogP contribution is -2.44. The number of fused-ring (bicyclic) bond motifs is 1. The number of hydrogen-bond donors (Lipinski definition) is 3. The predicted molar refractivity (Wildman–Crippen MR) is 126 cm³/mol. The van der Waals surface area contributed by atoms with Crippen molar-refractivity contribution >= 4 is 38.7 Å². The van der Waals surface area contributed by atoms with Gasteiger partial charge >= 0.3 is 12.0 Å². The van der Waals surface area contributed by atoms with E-state index in [-0.39, 0.29) is 24.4 Å². The summed E-state index contributed by atoms with van der Waals surface area (Å²) < 4.78 is 32.3. The van der Waals surface area contributed by atoms with Gasteiger partial charge in [0.15, 0.2) is 6.10 Å². The van der Waals surface area contributed by atoms with Crippen molar-refractivity contribution in [2.75, 3.05) is 6.54 Å². The van der Waals surface area contributed by atoms with Crippen LogP contribution in [0, 0.1) is 0 Å². The molecule has 0 aliphatic heterocycles. The van der Waals surface area contributed by atoms with Gasteiger partial charge in [-0.1, -0.05) is 60.7 Å². The molecule has 0 aliphatic carbocycles. The summed E-state index contributed by atoms with van der Waals surface area (Å²) in [6.45, 7) is 1.34. The number of imide groups is 1. The standard InChI is InChI=1S/C24H25N3O6S/c1-17(23(29)27-24(30)25-16-18-7-3-2-4-8-18)33-22(28)13-14-26-34(31,32)21-12-11-19-9-5-6-10-20(19)15-21/h2-12,15,17,26H,13-14,16H2,1H3,(H2,25,27,29,30). The van der Waals surface area contributed by atoms with Crippen LogP contribution < -0.4 is 15.4 Å². The number of rotatable bonds is 9. The fraction of sp³-hybridized carbons (Fsp3) is 0.208. The third-order valence-corrected chi connectivity index (χ3v) is 6.32. The van der Waals surface area contributed by atoms with E-state index in [0.29, 0.717) is 0 Å². The van der Waals surface area contributed by atoms with Crippen LogP contribution in [0.1, 0.15) is 18.9 Å². The van der Waals surface area contributed by atoms with Crippen LogP contribution in [-0.2, 0) is 30.9 Å². The van der Waals surface area contributed by atoms with Gasteiger partial charge < -0.3 is 10.1 Å². The van der Waals surface area contributed by atoms with E-state index in [4.69, 9.17) is 4.74 Å². The maximum Gasteiger partial charge on any atom is 0.321 e. The summed E-state index contributed by atoms with van der Waals surface area (Å²) in [6.07, 6.45) is -1.52. The summed E-state index contributed by atoms with van der Waals surface area (Å²) in [5, 5.41) is 6.31. The summed E-state index contributed by atoms with van der Waals surface area (Å²) in [6, 6.07) is 20.5. The van der Waals surface area contributed by atoms with Gasteiger partial charge in [0, 0.05) is 13.1 Å². The highest BCUT2D eigenvalue weighted by Crippen LogP contribution is 2.18. The Morgan fingerprint density at radius 3 is 2.32 bits per heavy atom. The van der Waals surface area contributed by atoms with Crippen molar-refractivity contribution in [1.82, 2.24) is 15.4 Å². The molecule has 1 unspecified atom stereocenters. The number of benzene rings is 3. The molecule has 0 saturated carbocycles. The van der Waals surface area contributed by atoms with E-state index in [1.165, 1.54) is 13.0 Å². The van der Waals surface area contributed by atoms with Gasteiger partial charge in [0.25, 0.3) is 5.91 Å². The molecule has 0 bridgehead atoms. The molecule has 10 heteroatoms.